The van der Waals surface area contributed by atoms with E-state index < -0.39 is 0 Å². The highest BCUT2D eigenvalue weighted by atomic mass is 19.1. The highest BCUT2D eigenvalue weighted by Gasteiger charge is 2.09. The van der Waals surface area contributed by atoms with Crippen molar-refractivity contribution in [3.8, 4) is 5.75 Å². The van der Waals surface area contributed by atoms with E-state index >= 15 is 0 Å². The van der Waals surface area contributed by atoms with Gasteiger partial charge in [-0.15, -0.1) is 0 Å². The summed E-state index contributed by atoms with van der Waals surface area (Å²) >= 11 is 0. The molecule has 7 heteroatoms. The molecule has 0 aliphatic carbocycles. The van der Waals surface area contributed by atoms with Crippen LogP contribution < -0.4 is 15.4 Å². The molecule has 0 fully saturated rings. The number of halogens is 1. The molecule has 0 saturated carbocycles. The Kier molecular flexibility index (Phi) is 6.60. The van der Waals surface area contributed by atoms with Gasteiger partial charge < -0.3 is 19.9 Å². The first-order valence-electron chi connectivity index (χ1n) is 7.92. The van der Waals surface area contributed by atoms with E-state index in [0.29, 0.717) is 19.0 Å². The maximum Gasteiger partial charge on any atom is 0.191 e. The lowest BCUT2D eigenvalue weighted by Crippen LogP contribution is -2.41. The third-order valence-electron chi connectivity index (χ3n) is 3.35. The second-order valence-corrected chi connectivity index (χ2v) is 5.30. The van der Waals surface area contributed by atoms with E-state index in [9.17, 15) is 4.39 Å². The number of guanidine groups is 1. The second-order valence-electron chi connectivity index (χ2n) is 5.30. The summed E-state index contributed by atoms with van der Waals surface area (Å²) < 4.78 is 24.3. The second kappa shape index (κ2) is 8.90. The van der Waals surface area contributed by atoms with Crippen molar-refractivity contribution in [2.75, 3.05) is 13.6 Å². The van der Waals surface area contributed by atoms with E-state index in [4.69, 9.17) is 9.26 Å². The van der Waals surface area contributed by atoms with Crippen molar-refractivity contribution in [3.05, 3.63) is 47.6 Å². The van der Waals surface area contributed by atoms with Crippen LogP contribution in [-0.2, 0) is 13.0 Å². The van der Waals surface area contributed by atoms with Gasteiger partial charge in [0.2, 0.25) is 0 Å². The van der Waals surface area contributed by atoms with Gasteiger partial charge in [0, 0.05) is 13.1 Å². The monoisotopic (exact) mass is 334 g/mol. The molecule has 0 saturated heterocycles. The quantitative estimate of drug-likeness (QED) is 0.601. The van der Waals surface area contributed by atoms with Crippen LogP contribution in [0, 0.1) is 5.82 Å². The number of rotatable bonds is 7. The Labute approximate surface area is 141 Å². The van der Waals surface area contributed by atoms with Crippen LogP contribution in [0.15, 0.2) is 39.8 Å². The van der Waals surface area contributed by atoms with Crippen LogP contribution in [0.25, 0.3) is 0 Å². The SMILES string of the molecule is CCc1cc(CNC(=NC)NCC(C)Oc2ccccc2F)on1. The van der Waals surface area contributed by atoms with Crippen LogP contribution in [0.2, 0.25) is 0 Å². The number of benzene rings is 1. The lowest BCUT2D eigenvalue weighted by molar-refractivity contribution is 0.214. The molecule has 0 aliphatic rings. The molecule has 0 radical (unpaired) electrons. The molecule has 1 atom stereocenters. The third kappa shape index (κ3) is 5.26. The van der Waals surface area contributed by atoms with E-state index in [1.807, 2.05) is 19.9 Å². The first-order valence-corrected chi connectivity index (χ1v) is 7.92. The Morgan fingerprint density at radius 3 is 2.83 bits per heavy atom. The summed E-state index contributed by atoms with van der Waals surface area (Å²) in [6.07, 6.45) is 0.610. The molecule has 2 aromatic rings. The molecule has 0 amide bonds. The third-order valence-corrected chi connectivity index (χ3v) is 3.35. The highest BCUT2D eigenvalue weighted by molar-refractivity contribution is 5.79. The summed E-state index contributed by atoms with van der Waals surface area (Å²) in [5.41, 5.74) is 0.918. The zero-order valence-electron chi connectivity index (χ0n) is 14.2. The molecular weight excluding hydrogens is 311 g/mol. The van der Waals surface area contributed by atoms with E-state index in [2.05, 4.69) is 20.8 Å². The van der Waals surface area contributed by atoms with Crippen LogP contribution in [-0.4, -0.2) is 30.8 Å². The molecule has 1 unspecified atom stereocenters. The van der Waals surface area contributed by atoms with Gasteiger partial charge in [0.05, 0.1) is 18.8 Å². The van der Waals surface area contributed by atoms with Crippen molar-refractivity contribution in [1.29, 1.82) is 0 Å². The fourth-order valence-electron chi connectivity index (χ4n) is 2.04. The zero-order chi connectivity index (χ0) is 17.4. The van der Waals surface area contributed by atoms with E-state index in [-0.39, 0.29) is 17.7 Å². The molecular formula is C17H23FN4O2. The standard InChI is InChI=1S/C17H23FN4O2/c1-4-13-9-14(24-22-13)11-21-17(19-3)20-10-12(2)23-16-8-6-5-7-15(16)18/h5-9,12H,4,10-11H2,1-3H3,(H2,19,20,21). The van der Waals surface area contributed by atoms with Crippen molar-refractivity contribution in [2.45, 2.75) is 32.9 Å². The van der Waals surface area contributed by atoms with Gasteiger partial charge in [0.1, 0.15) is 6.10 Å². The lowest BCUT2D eigenvalue weighted by atomic mass is 10.3. The number of hydrogen-bond acceptors (Lipinski definition) is 4. The molecule has 6 nitrogen and oxygen atoms in total. The molecule has 0 bridgehead atoms. The van der Waals surface area contributed by atoms with Gasteiger partial charge in [-0.1, -0.05) is 24.2 Å². The summed E-state index contributed by atoms with van der Waals surface area (Å²) in [5, 5.41) is 10.2. The molecule has 2 N–H and O–H groups in total. The Morgan fingerprint density at radius 2 is 2.17 bits per heavy atom. The molecule has 1 aromatic carbocycles. The minimum Gasteiger partial charge on any atom is -0.486 e. The largest absolute Gasteiger partial charge is 0.486 e. The van der Waals surface area contributed by atoms with Gasteiger partial charge in [-0.25, -0.2) is 4.39 Å². The Balaban J connectivity index is 1.77. The lowest BCUT2D eigenvalue weighted by Gasteiger charge is -2.17. The van der Waals surface area contributed by atoms with Gasteiger partial charge in [-0.2, -0.15) is 0 Å². The van der Waals surface area contributed by atoms with Crippen molar-refractivity contribution in [3.63, 3.8) is 0 Å². The van der Waals surface area contributed by atoms with Crippen LogP contribution in [0.5, 0.6) is 5.75 Å². The molecule has 24 heavy (non-hydrogen) atoms. The Morgan fingerprint density at radius 1 is 1.38 bits per heavy atom. The van der Waals surface area contributed by atoms with Crippen molar-refractivity contribution in [1.82, 2.24) is 15.8 Å². The topological polar surface area (TPSA) is 71.7 Å². The van der Waals surface area contributed by atoms with E-state index in [1.165, 1.54) is 6.07 Å². The first-order chi connectivity index (χ1) is 11.6. The summed E-state index contributed by atoms with van der Waals surface area (Å²) in [6.45, 7) is 4.84. The number of para-hydroxylation sites is 1. The van der Waals surface area contributed by atoms with Crippen molar-refractivity contribution >= 4 is 5.96 Å². The fourth-order valence-corrected chi connectivity index (χ4v) is 2.04. The number of aromatic nitrogens is 1. The summed E-state index contributed by atoms with van der Waals surface area (Å²) in [7, 11) is 1.68. The summed E-state index contributed by atoms with van der Waals surface area (Å²) in [6, 6.07) is 8.25. The number of nitrogens with zero attached hydrogens (tertiary/aromatic N) is 2. The predicted molar refractivity (Wildman–Crippen MR) is 90.6 cm³/mol. The Hall–Kier alpha value is -2.57. The van der Waals surface area contributed by atoms with E-state index in [0.717, 1.165) is 17.9 Å². The number of nitrogens with one attached hydrogen (secondary N) is 2. The molecule has 2 rings (SSSR count). The summed E-state index contributed by atoms with van der Waals surface area (Å²) in [4.78, 5) is 4.13. The predicted octanol–water partition coefficient (Wildman–Crippen LogP) is 2.51. The van der Waals surface area contributed by atoms with Gasteiger partial charge in [-0.05, 0) is 25.5 Å². The molecule has 0 aliphatic heterocycles. The minimum absolute atomic E-state index is 0.225. The smallest absolute Gasteiger partial charge is 0.191 e. The van der Waals surface area contributed by atoms with E-state index in [1.54, 1.807) is 25.2 Å². The normalized spacial score (nSPS) is 12.8. The number of ether oxygens (including phenoxy) is 1. The molecule has 130 valence electrons. The molecule has 0 spiro atoms. The van der Waals surface area contributed by atoms with Crippen LogP contribution in [0.1, 0.15) is 25.3 Å². The minimum atomic E-state index is -0.371. The average molecular weight is 334 g/mol. The van der Waals surface area contributed by atoms with Crippen molar-refractivity contribution < 1.29 is 13.7 Å². The number of aliphatic imine (C=N–C) groups is 1. The fraction of sp³-hybridized carbons (Fsp3) is 0.412. The maximum atomic E-state index is 13.6. The average Bonchev–Trinajstić information content (AvgIpc) is 3.05. The highest BCUT2D eigenvalue weighted by Crippen LogP contribution is 2.16. The summed E-state index contributed by atoms with van der Waals surface area (Å²) in [5.74, 6) is 1.21. The number of aryl methyl sites for hydroxylation is 1. The molecule has 1 aromatic heterocycles. The molecule has 1 heterocycles. The number of hydrogen-bond donors (Lipinski definition) is 2. The van der Waals surface area contributed by atoms with Gasteiger partial charge in [0.15, 0.2) is 23.3 Å². The Bertz CT molecular complexity index is 672. The van der Waals surface area contributed by atoms with Crippen LogP contribution in [0.3, 0.4) is 0 Å². The van der Waals surface area contributed by atoms with Gasteiger partial charge in [-0.3, -0.25) is 4.99 Å². The van der Waals surface area contributed by atoms with Crippen LogP contribution in [0.4, 0.5) is 4.39 Å². The van der Waals surface area contributed by atoms with Gasteiger partial charge in [0.25, 0.3) is 0 Å². The maximum absolute atomic E-state index is 13.6. The zero-order valence-corrected chi connectivity index (χ0v) is 14.2. The first kappa shape index (κ1) is 17.8. The van der Waals surface area contributed by atoms with Crippen molar-refractivity contribution in [2.24, 2.45) is 4.99 Å². The van der Waals surface area contributed by atoms with Gasteiger partial charge >= 0.3 is 0 Å². The van der Waals surface area contributed by atoms with Crippen LogP contribution >= 0.6 is 0 Å².